The lowest BCUT2D eigenvalue weighted by atomic mass is 10.1. The summed E-state index contributed by atoms with van der Waals surface area (Å²) >= 11 is 0. The van der Waals surface area contributed by atoms with Crippen molar-refractivity contribution in [2.75, 3.05) is 6.54 Å². The van der Waals surface area contributed by atoms with Crippen LogP contribution >= 0.6 is 0 Å². The minimum atomic E-state index is -0.419. The van der Waals surface area contributed by atoms with Crippen LogP contribution in [0.3, 0.4) is 0 Å². The molecule has 3 N–H and O–H groups in total. The minimum Gasteiger partial charge on any atom is -0.354 e. The number of carbonyl (C=O) groups is 1. The van der Waals surface area contributed by atoms with E-state index >= 15 is 0 Å². The maximum atomic E-state index is 11.5. The molecule has 0 aromatic carbocycles. The number of hydrogen-bond donors (Lipinski definition) is 2. The van der Waals surface area contributed by atoms with Crippen LogP contribution in [-0.4, -0.2) is 23.5 Å². The molecule has 0 aliphatic heterocycles. The zero-order valence-corrected chi connectivity index (χ0v) is 9.81. The molecule has 4 heteroatoms. The Morgan fingerprint density at radius 3 is 2.62 bits per heavy atom. The Labute approximate surface area is 96.3 Å². The maximum absolute atomic E-state index is 11.5. The number of carbonyl (C=O) groups excluding carboxylic acids is 1. The third-order valence-corrected chi connectivity index (χ3v) is 2.48. The van der Waals surface area contributed by atoms with Gasteiger partial charge in [0, 0.05) is 18.9 Å². The van der Waals surface area contributed by atoms with Crippen LogP contribution in [0.1, 0.15) is 19.4 Å². The second-order valence-electron chi connectivity index (χ2n) is 4.17. The highest BCUT2D eigenvalue weighted by Crippen LogP contribution is 1.99. The first-order chi connectivity index (χ1) is 7.61. The number of amides is 1. The van der Waals surface area contributed by atoms with Crippen LogP contribution in [-0.2, 0) is 11.2 Å². The van der Waals surface area contributed by atoms with Crippen molar-refractivity contribution in [3.63, 3.8) is 0 Å². The Kier molecular flexibility index (Phi) is 4.92. The highest BCUT2D eigenvalue weighted by atomic mass is 16.2. The van der Waals surface area contributed by atoms with Gasteiger partial charge in [-0.15, -0.1) is 0 Å². The van der Waals surface area contributed by atoms with Crippen LogP contribution in [0.15, 0.2) is 24.5 Å². The van der Waals surface area contributed by atoms with E-state index in [1.54, 1.807) is 12.4 Å². The van der Waals surface area contributed by atoms with Gasteiger partial charge in [0.05, 0.1) is 6.04 Å². The van der Waals surface area contributed by atoms with Crippen molar-refractivity contribution in [1.82, 2.24) is 10.3 Å². The van der Waals surface area contributed by atoms with E-state index in [0.717, 1.165) is 12.0 Å². The molecule has 0 radical (unpaired) electrons. The number of aromatic nitrogens is 1. The van der Waals surface area contributed by atoms with E-state index in [1.807, 2.05) is 26.0 Å². The lowest BCUT2D eigenvalue weighted by Gasteiger charge is -2.15. The van der Waals surface area contributed by atoms with Crippen molar-refractivity contribution < 1.29 is 4.79 Å². The number of nitrogens with two attached hydrogens (primary N) is 1. The summed E-state index contributed by atoms with van der Waals surface area (Å²) in [6, 6.07) is 3.46. The fourth-order valence-corrected chi connectivity index (χ4v) is 1.30. The molecule has 0 saturated heterocycles. The van der Waals surface area contributed by atoms with Crippen LogP contribution in [0, 0.1) is 5.92 Å². The summed E-state index contributed by atoms with van der Waals surface area (Å²) in [5, 5.41) is 2.83. The van der Waals surface area contributed by atoms with Crippen LogP contribution in [0.4, 0.5) is 0 Å². The highest BCUT2D eigenvalue weighted by Gasteiger charge is 2.15. The molecule has 0 saturated carbocycles. The lowest BCUT2D eigenvalue weighted by Crippen LogP contribution is -2.44. The van der Waals surface area contributed by atoms with Gasteiger partial charge in [-0.25, -0.2) is 0 Å². The van der Waals surface area contributed by atoms with E-state index in [4.69, 9.17) is 5.73 Å². The molecule has 1 heterocycles. The summed E-state index contributed by atoms with van der Waals surface area (Å²) in [6.45, 7) is 4.49. The second-order valence-corrected chi connectivity index (χ2v) is 4.17. The van der Waals surface area contributed by atoms with Crippen LogP contribution in [0.25, 0.3) is 0 Å². The number of nitrogens with zero attached hydrogens (tertiary/aromatic N) is 1. The third kappa shape index (κ3) is 3.98. The van der Waals surface area contributed by atoms with Gasteiger partial charge in [0.25, 0.3) is 0 Å². The number of pyridine rings is 1. The van der Waals surface area contributed by atoms with Crippen LogP contribution in [0.2, 0.25) is 0 Å². The van der Waals surface area contributed by atoms with E-state index in [0.29, 0.717) is 6.54 Å². The molecule has 1 unspecified atom stereocenters. The molecule has 0 aliphatic carbocycles. The monoisotopic (exact) mass is 221 g/mol. The van der Waals surface area contributed by atoms with Gasteiger partial charge in [-0.3, -0.25) is 9.78 Å². The summed E-state index contributed by atoms with van der Waals surface area (Å²) in [7, 11) is 0. The van der Waals surface area contributed by atoms with Crippen molar-refractivity contribution in [2.24, 2.45) is 11.7 Å². The summed E-state index contributed by atoms with van der Waals surface area (Å²) in [5.41, 5.74) is 6.88. The molecule has 4 nitrogen and oxygen atoms in total. The fourth-order valence-electron chi connectivity index (χ4n) is 1.30. The second kappa shape index (κ2) is 6.23. The average molecular weight is 221 g/mol. The molecule has 1 aromatic heterocycles. The standard InChI is InChI=1S/C12H19N3O/c1-9(2)11(13)12(16)15-8-5-10-3-6-14-7-4-10/h3-4,6-7,9,11H,5,8,13H2,1-2H3,(H,15,16). The molecule has 1 rings (SSSR count). The Balaban J connectivity index is 2.28. The van der Waals surface area contributed by atoms with Crippen molar-refractivity contribution >= 4 is 5.91 Å². The largest absolute Gasteiger partial charge is 0.354 e. The molecule has 1 aromatic rings. The first-order valence-electron chi connectivity index (χ1n) is 5.53. The van der Waals surface area contributed by atoms with Gasteiger partial charge in [-0.2, -0.15) is 0 Å². The zero-order valence-electron chi connectivity index (χ0n) is 9.81. The fraction of sp³-hybridized carbons (Fsp3) is 0.500. The molecule has 0 spiro atoms. The molecule has 0 fully saturated rings. The molecule has 1 atom stereocenters. The van der Waals surface area contributed by atoms with E-state index < -0.39 is 6.04 Å². The Morgan fingerprint density at radius 2 is 2.06 bits per heavy atom. The number of rotatable bonds is 5. The number of hydrogen-bond acceptors (Lipinski definition) is 3. The van der Waals surface area contributed by atoms with E-state index in [-0.39, 0.29) is 11.8 Å². The summed E-state index contributed by atoms with van der Waals surface area (Å²) in [4.78, 5) is 15.5. The van der Waals surface area contributed by atoms with Crippen molar-refractivity contribution in [3.05, 3.63) is 30.1 Å². The van der Waals surface area contributed by atoms with Crippen LogP contribution in [0.5, 0.6) is 0 Å². The summed E-state index contributed by atoms with van der Waals surface area (Å²) in [5.74, 6) is 0.0879. The zero-order chi connectivity index (χ0) is 12.0. The Hall–Kier alpha value is -1.42. The lowest BCUT2D eigenvalue weighted by molar-refractivity contribution is -0.123. The molecule has 16 heavy (non-hydrogen) atoms. The quantitative estimate of drug-likeness (QED) is 0.770. The molecule has 0 aliphatic rings. The van der Waals surface area contributed by atoms with E-state index in [9.17, 15) is 4.79 Å². The first-order valence-corrected chi connectivity index (χ1v) is 5.53. The van der Waals surface area contributed by atoms with Gasteiger partial charge in [-0.05, 0) is 30.0 Å². The predicted molar refractivity (Wildman–Crippen MR) is 63.8 cm³/mol. The molecular weight excluding hydrogens is 202 g/mol. The van der Waals surface area contributed by atoms with E-state index in [1.165, 1.54) is 0 Å². The Morgan fingerprint density at radius 1 is 1.44 bits per heavy atom. The van der Waals surface area contributed by atoms with E-state index in [2.05, 4.69) is 10.3 Å². The maximum Gasteiger partial charge on any atom is 0.237 e. The minimum absolute atomic E-state index is 0.0796. The average Bonchev–Trinajstić information content (AvgIpc) is 2.29. The SMILES string of the molecule is CC(C)C(N)C(=O)NCCc1ccncc1. The molecule has 88 valence electrons. The smallest absolute Gasteiger partial charge is 0.237 e. The van der Waals surface area contributed by atoms with Crippen molar-refractivity contribution in [2.45, 2.75) is 26.3 Å². The van der Waals surface area contributed by atoms with Gasteiger partial charge < -0.3 is 11.1 Å². The third-order valence-electron chi connectivity index (χ3n) is 2.48. The van der Waals surface area contributed by atoms with Crippen molar-refractivity contribution in [3.8, 4) is 0 Å². The topological polar surface area (TPSA) is 68.0 Å². The van der Waals surface area contributed by atoms with Gasteiger partial charge in [-0.1, -0.05) is 13.8 Å². The first kappa shape index (κ1) is 12.6. The molecule has 0 bridgehead atoms. The van der Waals surface area contributed by atoms with Gasteiger partial charge in [0.1, 0.15) is 0 Å². The highest BCUT2D eigenvalue weighted by molar-refractivity contribution is 5.81. The summed E-state index contributed by atoms with van der Waals surface area (Å²) < 4.78 is 0. The summed E-state index contributed by atoms with van der Waals surface area (Å²) in [6.07, 6.45) is 4.30. The Bertz CT molecular complexity index is 324. The molecular formula is C12H19N3O. The number of nitrogens with one attached hydrogen (secondary N) is 1. The van der Waals surface area contributed by atoms with Gasteiger partial charge >= 0.3 is 0 Å². The van der Waals surface area contributed by atoms with Gasteiger partial charge in [0.2, 0.25) is 5.91 Å². The van der Waals surface area contributed by atoms with Crippen LogP contribution < -0.4 is 11.1 Å². The normalized spacial score (nSPS) is 12.5. The van der Waals surface area contributed by atoms with Gasteiger partial charge in [0.15, 0.2) is 0 Å². The molecule has 1 amide bonds. The van der Waals surface area contributed by atoms with Crippen molar-refractivity contribution in [1.29, 1.82) is 0 Å². The predicted octanol–water partition coefficient (Wildman–Crippen LogP) is 0.724.